The topological polar surface area (TPSA) is 72.4 Å². The number of carbonyl (C=O) groups excluding carboxylic acids is 1. The van der Waals surface area contributed by atoms with E-state index in [1.165, 1.54) is 6.26 Å². The minimum Gasteiger partial charge on any atom is -0.459 e. The van der Waals surface area contributed by atoms with Crippen LogP contribution < -0.4 is 5.32 Å². The number of hydrogen-bond acceptors (Lipinski definition) is 4. The van der Waals surface area contributed by atoms with Crippen molar-refractivity contribution in [1.29, 1.82) is 0 Å². The number of furan rings is 1. The summed E-state index contributed by atoms with van der Waals surface area (Å²) in [5.41, 5.74) is 4.01. The smallest absolute Gasteiger partial charge is 0.292 e. The van der Waals surface area contributed by atoms with Gasteiger partial charge in [-0.3, -0.25) is 4.79 Å². The quantitative estimate of drug-likeness (QED) is 0.481. The normalized spacial score (nSPS) is 10.9. The predicted octanol–water partition coefficient (Wildman–Crippen LogP) is 4.91. The van der Waals surface area contributed by atoms with Gasteiger partial charge in [0.2, 0.25) is 0 Å². The van der Waals surface area contributed by atoms with Crippen molar-refractivity contribution in [3.8, 4) is 22.5 Å². The van der Waals surface area contributed by atoms with Crippen molar-refractivity contribution in [3.63, 3.8) is 0 Å². The van der Waals surface area contributed by atoms with Crippen molar-refractivity contribution < 1.29 is 9.21 Å². The van der Waals surface area contributed by atoms with Crippen LogP contribution in [-0.4, -0.2) is 20.3 Å². The van der Waals surface area contributed by atoms with E-state index in [2.05, 4.69) is 10.3 Å². The number of fused-ring (bicyclic) bond motifs is 1. The van der Waals surface area contributed by atoms with Crippen LogP contribution >= 0.6 is 0 Å². The number of anilines is 1. The SMILES string of the molecule is O=C(Nc1nc(-c2ccccc2)cn2cc(-c3ccccc3)nc12)c1ccco1. The lowest BCUT2D eigenvalue weighted by atomic mass is 10.2. The molecule has 0 unspecified atom stereocenters. The van der Waals surface area contributed by atoms with E-state index in [0.29, 0.717) is 11.5 Å². The van der Waals surface area contributed by atoms with E-state index in [-0.39, 0.29) is 11.7 Å². The summed E-state index contributed by atoms with van der Waals surface area (Å²) in [6.45, 7) is 0. The Kier molecular flexibility index (Phi) is 4.14. The molecular weight excluding hydrogens is 364 g/mol. The highest BCUT2D eigenvalue weighted by atomic mass is 16.3. The molecule has 3 aromatic heterocycles. The number of hydrogen-bond donors (Lipinski definition) is 1. The molecule has 0 bridgehead atoms. The Balaban J connectivity index is 1.65. The molecule has 1 N–H and O–H groups in total. The van der Waals surface area contributed by atoms with Crippen molar-refractivity contribution in [2.75, 3.05) is 5.32 Å². The monoisotopic (exact) mass is 380 g/mol. The first-order valence-electron chi connectivity index (χ1n) is 9.13. The second kappa shape index (κ2) is 7.09. The zero-order valence-electron chi connectivity index (χ0n) is 15.3. The van der Waals surface area contributed by atoms with Crippen molar-refractivity contribution in [3.05, 3.63) is 97.2 Å². The zero-order chi connectivity index (χ0) is 19.6. The number of nitrogens with zero attached hydrogens (tertiary/aromatic N) is 3. The van der Waals surface area contributed by atoms with Crippen LogP contribution in [0.15, 0.2) is 95.9 Å². The molecular formula is C23H16N4O2. The average Bonchev–Trinajstić information content (AvgIpc) is 3.45. The fourth-order valence-electron chi connectivity index (χ4n) is 3.16. The summed E-state index contributed by atoms with van der Waals surface area (Å²) in [6.07, 6.45) is 5.30. The van der Waals surface area contributed by atoms with Gasteiger partial charge < -0.3 is 14.1 Å². The van der Waals surface area contributed by atoms with E-state index in [1.54, 1.807) is 12.1 Å². The van der Waals surface area contributed by atoms with Gasteiger partial charge in [0.25, 0.3) is 5.91 Å². The second-order valence-corrected chi connectivity index (χ2v) is 6.50. The van der Waals surface area contributed by atoms with Gasteiger partial charge in [-0.15, -0.1) is 0 Å². The van der Waals surface area contributed by atoms with Gasteiger partial charge in [0.05, 0.1) is 17.7 Å². The Morgan fingerprint density at radius 1 is 0.793 bits per heavy atom. The van der Waals surface area contributed by atoms with E-state index < -0.39 is 0 Å². The standard InChI is InChI=1S/C23H16N4O2/c28-23(20-12-7-13-29-20)26-21-22-25-19(17-10-5-2-6-11-17)15-27(22)14-18(24-21)16-8-3-1-4-9-16/h1-15H,(H,24,26,28). The number of rotatable bonds is 4. The molecule has 2 aromatic carbocycles. The lowest BCUT2D eigenvalue weighted by molar-refractivity contribution is 0.0996. The summed E-state index contributed by atoms with van der Waals surface area (Å²) in [7, 11) is 0. The van der Waals surface area contributed by atoms with Crippen LogP contribution in [0.5, 0.6) is 0 Å². The van der Waals surface area contributed by atoms with Gasteiger partial charge in [-0.05, 0) is 12.1 Å². The molecule has 5 aromatic rings. The van der Waals surface area contributed by atoms with Gasteiger partial charge in [-0.2, -0.15) is 0 Å². The van der Waals surface area contributed by atoms with Crippen molar-refractivity contribution >= 4 is 17.4 Å². The molecule has 0 aliphatic carbocycles. The molecule has 0 spiro atoms. The first kappa shape index (κ1) is 16.9. The highest BCUT2D eigenvalue weighted by Crippen LogP contribution is 2.26. The number of carbonyl (C=O) groups is 1. The van der Waals surface area contributed by atoms with E-state index in [0.717, 1.165) is 22.5 Å². The largest absolute Gasteiger partial charge is 0.459 e. The Labute approximate surface area is 166 Å². The van der Waals surface area contributed by atoms with Crippen LogP contribution in [0.4, 0.5) is 5.82 Å². The van der Waals surface area contributed by atoms with Crippen LogP contribution in [0.1, 0.15) is 10.6 Å². The minimum absolute atomic E-state index is 0.213. The fraction of sp³-hybridized carbons (Fsp3) is 0. The molecule has 0 saturated heterocycles. The number of amides is 1. The summed E-state index contributed by atoms with van der Waals surface area (Å²) in [6, 6.07) is 23.0. The molecule has 0 radical (unpaired) electrons. The summed E-state index contributed by atoms with van der Waals surface area (Å²) in [4.78, 5) is 21.9. The Hall–Kier alpha value is -4.19. The average molecular weight is 380 g/mol. The van der Waals surface area contributed by atoms with Crippen molar-refractivity contribution in [2.45, 2.75) is 0 Å². The molecule has 3 heterocycles. The van der Waals surface area contributed by atoms with E-state index in [9.17, 15) is 4.79 Å². The molecule has 0 atom stereocenters. The van der Waals surface area contributed by atoms with E-state index >= 15 is 0 Å². The highest BCUT2D eigenvalue weighted by Gasteiger charge is 2.16. The lowest BCUT2D eigenvalue weighted by Crippen LogP contribution is -2.13. The first-order chi connectivity index (χ1) is 14.3. The number of benzene rings is 2. The molecule has 0 saturated carbocycles. The second-order valence-electron chi connectivity index (χ2n) is 6.50. The Morgan fingerprint density at radius 2 is 1.41 bits per heavy atom. The zero-order valence-corrected chi connectivity index (χ0v) is 15.3. The number of imidazole rings is 1. The van der Waals surface area contributed by atoms with Gasteiger partial charge in [-0.1, -0.05) is 60.7 Å². The third kappa shape index (κ3) is 3.27. The highest BCUT2D eigenvalue weighted by molar-refractivity contribution is 6.03. The third-order valence-electron chi connectivity index (χ3n) is 4.55. The van der Waals surface area contributed by atoms with Crippen LogP contribution in [0.3, 0.4) is 0 Å². The van der Waals surface area contributed by atoms with Gasteiger partial charge >= 0.3 is 0 Å². The molecule has 0 aliphatic heterocycles. The molecule has 140 valence electrons. The maximum absolute atomic E-state index is 12.6. The van der Waals surface area contributed by atoms with Crippen molar-refractivity contribution in [1.82, 2.24) is 14.4 Å². The third-order valence-corrected chi connectivity index (χ3v) is 4.55. The minimum atomic E-state index is -0.376. The predicted molar refractivity (Wildman–Crippen MR) is 111 cm³/mol. The summed E-state index contributed by atoms with van der Waals surface area (Å²) in [5.74, 6) is 0.207. The number of aromatic nitrogens is 3. The number of nitrogens with one attached hydrogen (secondary N) is 1. The van der Waals surface area contributed by atoms with Crippen molar-refractivity contribution in [2.24, 2.45) is 0 Å². The lowest BCUT2D eigenvalue weighted by Gasteiger charge is -2.08. The van der Waals surface area contributed by atoms with E-state index in [1.807, 2.05) is 77.5 Å². The molecule has 29 heavy (non-hydrogen) atoms. The fourth-order valence-corrected chi connectivity index (χ4v) is 3.16. The van der Waals surface area contributed by atoms with Gasteiger partial charge in [0.15, 0.2) is 17.2 Å². The summed E-state index contributed by atoms with van der Waals surface area (Å²) >= 11 is 0. The van der Waals surface area contributed by atoms with Crippen LogP contribution in [0.2, 0.25) is 0 Å². The van der Waals surface area contributed by atoms with Crippen LogP contribution in [-0.2, 0) is 0 Å². The Morgan fingerprint density at radius 3 is 2.00 bits per heavy atom. The molecule has 0 aliphatic rings. The summed E-state index contributed by atoms with van der Waals surface area (Å²) < 4.78 is 7.09. The summed E-state index contributed by atoms with van der Waals surface area (Å²) in [5, 5.41) is 2.84. The molecule has 1 amide bonds. The molecule has 6 heteroatoms. The van der Waals surface area contributed by atoms with Crippen LogP contribution in [0.25, 0.3) is 28.2 Å². The van der Waals surface area contributed by atoms with Gasteiger partial charge in [-0.25, -0.2) is 9.97 Å². The first-order valence-corrected chi connectivity index (χ1v) is 9.13. The molecule has 5 rings (SSSR count). The van der Waals surface area contributed by atoms with Gasteiger partial charge in [0.1, 0.15) is 0 Å². The maximum atomic E-state index is 12.6. The Bertz CT molecular complexity index is 1280. The molecule has 6 nitrogen and oxygen atoms in total. The maximum Gasteiger partial charge on any atom is 0.292 e. The van der Waals surface area contributed by atoms with Gasteiger partial charge in [0, 0.05) is 23.5 Å². The van der Waals surface area contributed by atoms with E-state index in [4.69, 9.17) is 9.40 Å². The molecule has 0 fully saturated rings. The van der Waals surface area contributed by atoms with Crippen LogP contribution in [0, 0.1) is 0 Å².